The number of hydrogen-bond donors (Lipinski definition) is 1. The number of nitrogens with one attached hydrogen (secondary N) is 1. The Morgan fingerprint density at radius 3 is 2.75 bits per heavy atom. The van der Waals surface area contributed by atoms with Crippen LogP contribution in [0.15, 0.2) is 30.5 Å². The summed E-state index contributed by atoms with van der Waals surface area (Å²) in [5.74, 6) is -0.337. The van der Waals surface area contributed by atoms with E-state index in [0.717, 1.165) is 0 Å². The summed E-state index contributed by atoms with van der Waals surface area (Å²) in [5, 5.41) is 3.13. The van der Waals surface area contributed by atoms with Gasteiger partial charge in [-0.3, -0.25) is 0 Å². The van der Waals surface area contributed by atoms with E-state index in [1.807, 2.05) is 0 Å². The SMILES string of the molecule is Fc1cccc(Nc2cnc(Cl)nc2Cl)c1. The molecule has 82 valence electrons. The fourth-order valence-electron chi connectivity index (χ4n) is 1.15. The molecular weight excluding hydrogens is 252 g/mol. The normalized spacial score (nSPS) is 10.2. The van der Waals surface area contributed by atoms with Crippen LogP contribution in [0.5, 0.6) is 0 Å². The Kier molecular flexibility index (Phi) is 3.22. The molecule has 0 aliphatic rings. The minimum atomic E-state index is -0.337. The van der Waals surface area contributed by atoms with Crippen molar-refractivity contribution >= 4 is 34.6 Å². The summed E-state index contributed by atoms with van der Waals surface area (Å²) in [4.78, 5) is 7.53. The highest BCUT2D eigenvalue weighted by atomic mass is 35.5. The molecule has 2 rings (SSSR count). The third kappa shape index (κ3) is 2.59. The van der Waals surface area contributed by atoms with E-state index in [4.69, 9.17) is 23.2 Å². The standard InChI is InChI=1S/C10H6Cl2FN3/c11-9-8(5-14-10(12)16-9)15-7-3-1-2-6(13)4-7/h1-5,15H. The number of hydrogen-bond acceptors (Lipinski definition) is 3. The van der Waals surface area contributed by atoms with E-state index in [1.54, 1.807) is 12.1 Å². The van der Waals surface area contributed by atoms with Crippen LogP contribution in [0.2, 0.25) is 10.4 Å². The highest BCUT2D eigenvalue weighted by Gasteiger charge is 2.04. The van der Waals surface area contributed by atoms with Crippen molar-refractivity contribution < 1.29 is 4.39 Å². The van der Waals surface area contributed by atoms with Gasteiger partial charge in [-0.1, -0.05) is 17.7 Å². The molecule has 0 aliphatic carbocycles. The van der Waals surface area contributed by atoms with Crippen LogP contribution < -0.4 is 5.32 Å². The van der Waals surface area contributed by atoms with Crippen molar-refractivity contribution in [1.82, 2.24) is 9.97 Å². The van der Waals surface area contributed by atoms with E-state index in [-0.39, 0.29) is 16.3 Å². The van der Waals surface area contributed by atoms with Crippen molar-refractivity contribution in [2.45, 2.75) is 0 Å². The number of nitrogens with zero attached hydrogens (tertiary/aromatic N) is 2. The highest BCUT2D eigenvalue weighted by molar-refractivity contribution is 6.33. The van der Waals surface area contributed by atoms with Gasteiger partial charge in [0.25, 0.3) is 0 Å². The van der Waals surface area contributed by atoms with Gasteiger partial charge in [0.05, 0.1) is 11.9 Å². The molecule has 0 bridgehead atoms. The monoisotopic (exact) mass is 257 g/mol. The van der Waals surface area contributed by atoms with Crippen molar-refractivity contribution in [3.05, 3.63) is 46.7 Å². The third-order valence-corrected chi connectivity index (χ3v) is 2.29. The summed E-state index contributed by atoms with van der Waals surface area (Å²) >= 11 is 11.4. The predicted octanol–water partition coefficient (Wildman–Crippen LogP) is 3.67. The summed E-state index contributed by atoms with van der Waals surface area (Å²) in [5.41, 5.74) is 1.03. The van der Waals surface area contributed by atoms with Gasteiger partial charge < -0.3 is 5.32 Å². The van der Waals surface area contributed by atoms with Crippen LogP contribution >= 0.6 is 23.2 Å². The molecule has 1 aromatic carbocycles. The van der Waals surface area contributed by atoms with Crippen LogP contribution in [-0.2, 0) is 0 Å². The Bertz CT molecular complexity index is 519. The Labute approximate surface area is 101 Å². The van der Waals surface area contributed by atoms with Gasteiger partial charge in [-0.2, -0.15) is 0 Å². The van der Waals surface area contributed by atoms with E-state index >= 15 is 0 Å². The Morgan fingerprint density at radius 2 is 2.06 bits per heavy atom. The lowest BCUT2D eigenvalue weighted by atomic mass is 10.3. The molecule has 0 atom stereocenters. The van der Waals surface area contributed by atoms with E-state index in [2.05, 4.69) is 15.3 Å². The molecule has 0 amide bonds. The molecule has 1 aromatic heterocycles. The number of halogens is 3. The van der Waals surface area contributed by atoms with E-state index in [0.29, 0.717) is 11.4 Å². The van der Waals surface area contributed by atoms with Crippen LogP contribution in [0.1, 0.15) is 0 Å². The van der Waals surface area contributed by atoms with Gasteiger partial charge in [0.1, 0.15) is 5.82 Å². The molecular formula is C10H6Cl2FN3. The first-order chi connectivity index (χ1) is 7.65. The van der Waals surface area contributed by atoms with E-state index < -0.39 is 0 Å². The first-order valence-corrected chi connectivity index (χ1v) is 5.11. The Hall–Kier alpha value is -1.39. The second-order valence-corrected chi connectivity index (χ2v) is 3.67. The molecule has 1 heterocycles. The largest absolute Gasteiger partial charge is 0.352 e. The number of rotatable bonds is 2. The molecule has 6 heteroatoms. The van der Waals surface area contributed by atoms with Gasteiger partial charge in [-0.25, -0.2) is 14.4 Å². The molecule has 0 aliphatic heterocycles. The minimum absolute atomic E-state index is 0.0646. The maximum Gasteiger partial charge on any atom is 0.223 e. The molecule has 1 N–H and O–H groups in total. The Morgan fingerprint density at radius 1 is 1.25 bits per heavy atom. The van der Waals surface area contributed by atoms with Gasteiger partial charge in [-0.05, 0) is 29.8 Å². The number of benzene rings is 1. The fourth-order valence-corrected chi connectivity index (χ4v) is 1.50. The van der Waals surface area contributed by atoms with E-state index in [9.17, 15) is 4.39 Å². The zero-order valence-electron chi connectivity index (χ0n) is 7.92. The van der Waals surface area contributed by atoms with Crippen LogP contribution in [-0.4, -0.2) is 9.97 Å². The van der Waals surface area contributed by atoms with Crippen molar-refractivity contribution in [2.75, 3.05) is 5.32 Å². The third-order valence-electron chi connectivity index (χ3n) is 1.82. The van der Waals surface area contributed by atoms with Crippen molar-refractivity contribution in [1.29, 1.82) is 0 Å². The zero-order chi connectivity index (χ0) is 11.5. The lowest BCUT2D eigenvalue weighted by molar-refractivity contribution is 0.628. The Balaban J connectivity index is 2.27. The zero-order valence-corrected chi connectivity index (χ0v) is 9.43. The first kappa shape index (κ1) is 11.1. The molecule has 16 heavy (non-hydrogen) atoms. The molecule has 0 saturated heterocycles. The lowest BCUT2D eigenvalue weighted by Crippen LogP contribution is -1.95. The minimum Gasteiger partial charge on any atom is -0.352 e. The van der Waals surface area contributed by atoms with Crippen molar-refractivity contribution in [3.8, 4) is 0 Å². The van der Waals surface area contributed by atoms with Crippen LogP contribution in [0.3, 0.4) is 0 Å². The second kappa shape index (κ2) is 4.63. The molecule has 0 unspecified atom stereocenters. The summed E-state index contributed by atoms with van der Waals surface area (Å²) in [7, 11) is 0. The van der Waals surface area contributed by atoms with Crippen molar-refractivity contribution in [2.24, 2.45) is 0 Å². The van der Waals surface area contributed by atoms with Crippen molar-refractivity contribution in [3.63, 3.8) is 0 Å². The van der Waals surface area contributed by atoms with Gasteiger partial charge >= 0.3 is 0 Å². The van der Waals surface area contributed by atoms with Crippen LogP contribution in [0, 0.1) is 5.82 Å². The average molecular weight is 258 g/mol. The quantitative estimate of drug-likeness (QED) is 0.659. The lowest BCUT2D eigenvalue weighted by Gasteiger charge is -2.06. The summed E-state index contributed by atoms with van der Waals surface area (Å²) in [6.45, 7) is 0. The fraction of sp³-hybridized carbons (Fsp3) is 0. The second-order valence-electron chi connectivity index (χ2n) is 2.98. The molecule has 3 nitrogen and oxygen atoms in total. The highest BCUT2D eigenvalue weighted by Crippen LogP contribution is 2.23. The molecule has 0 saturated carbocycles. The molecule has 2 aromatic rings. The van der Waals surface area contributed by atoms with Gasteiger partial charge in [0, 0.05) is 5.69 Å². The summed E-state index contributed by atoms with van der Waals surface area (Å²) < 4.78 is 12.9. The van der Waals surface area contributed by atoms with Gasteiger partial charge in [0.15, 0.2) is 5.15 Å². The average Bonchev–Trinajstić information content (AvgIpc) is 2.22. The topological polar surface area (TPSA) is 37.8 Å². The molecule has 0 fully saturated rings. The van der Waals surface area contributed by atoms with Crippen LogP contribution in [0.25, 0.3) is 0 Å². The maximum atomic E-state index is 12.9. The van der Waals surface area contributed by atoms with E-state index in [1.165, 1.54) is 18.3 Å². The maximum absolute atomic E-state index is 12.9. The molecule has 0 radical (unpaired) electrons. The van der Waals surface area contributed by atoms with Crippen LogP contribution in [0.4, 0.5) is 15.8 Å². The predicted molar refractivity (Wildman–Crippen MR) is 61.7 cm³/mol. The summed E-state index contributed by atoms with van der Waals surface area (Å²) in [6, 6.07) is 5.98. The number of anilines is 2. The number of aromatic nitrogens is 2. The summed E-state index contributed by atoms with van der Waals surface area (Å²) in [6.07, 6.45) is 1.43. The molecule has 0 spiro atoms. The first-order valence-electron chi connectivity index (χ1n) is 4.36. The van der Waals surface area contributed by atoms with Gasteiger partial charge in [-0.15, -0.1) is 0 Å². The smallest absolute Gasteiger partial charge is 0.223 e. The van der Waals surface area contributed by atoms with Gasteiger partial charge in [0.2, 0.25) is 5.28 Å².